The maximum absolute atomic E-state index is 14.0. The Morgan fingerprint density at radius 1 is 0.842 bits per heavy atom. The third-order valence-corrected chi connectivity index (χ3v) is 10.7. The molecule has 11 nitrogen and oxygen atoms in total. The Balaban J connectivity index is 0.000000524. The number of halogens is 7. The van der Waals surface area contributed by atoms with Gasteiger partial charge in [0.2, 0.25) is 36.2 Å². The van der Waals surface area contributed by atoms with E-state index in [2.05, 4.69) is 27.7 Å². The van der Waals surface area contributed by atoms with Crippen LogP contribution in [0.25, 0.3) is 0 Å². The molecule has 3 atom stereocenters. The number of likely N-dealkylation sites (tertiary alicyclic amines) is 1. The number of aldehydes is 2. The first-order chi connectivity index (χ1) is 27.0. The van der Waals surface area contributed by atoms with Crippen LogP contribution in [0.3, 0.4) is 0 Å². The molecule has 3 heterocycles. The normalized spacial score (nSPS) is 20.0. The molecule has 3 aliphatic heterocycles. The summed E-state index contributed by atoms with van der Waals surface area (Å²) in [7, 11) is 0. The predicted octanol–water partition coefficient (Wildman–Crippen LogP) is 5.34. The number of nitrogens with zero attached hydrogens (tertiary/aromatic N) is 3. The molecule has 2 saturated heterocycles. The molecule has 2 aromatic carbocycles. The first-order valence-electron chi connectivity index (χ1n) is 18.7. The van der Waals surface area contributed by atoms with E-state index in [4.69, 9.17) is 21.2 Å². The minimum Gasteiger partial charge on any atom is -0.344 e. The molecular weight excluding hydrogens is 784 g/mol. The molecule has 18 heteroatoms. The van der Waals surface area contributed by atoms with Gasteiger partial charge in [-0.25, -0.2) is 0 Å². The summed E-state index contributed by atoms with van der Waals surface area (Å²) in [5, 5.41) is 7.13. The number of fused-ring (bicyclic) bond motifs is 1. The Kier molecular flexibility index (Phi) is 16.6. The van der Waals surface area contributed by atoms with Crippen molar-refractivity contribution in [3.63, 3.8) is 0 Å². The van der Waals surface area contributed by atoms with Gasteiger partial charge < -0.3 is 15.5 Å². The van der Waals surface area contributed by atoms with Crippen LogP contribution in [-0.2, 0) is 41.7 Å². The van der Waals surface area contributed by atoms with E-state index in [1.54, 1.807) is 12.1 Å². The zero-order valence-electron chi connectivity index (χ0n) is 31.1. The Morgan fingerprint density at radius 3 is 1.96 bits per heavy atom. The molecule has 2 unspecified atom stereocenters. The average Bonchev–Trinajstić information content (AvgIpc) is 3.75. The van der Waals surface area contributed by atoms with E-state index in [1.165, 1.54) is 29.7 Å². The first-order valence-corrected chi connectivity index (χ1v) is 19.1. The third kappa shape index (κ3) is 14.2. The first kappa shape index (κ1) is 45.4. The number of nitrogens with one attached hydrogen (secondary N) is 2. The number of carbonyl (C=O) groups excluding carboxylic acids is 6. The fourth-order valence-electron chi connectivity index (χ4n) is 7.64. The molecule has 57 heavy (non-hydrogen) atoms. The number of hydrogen-bond acceptors (Lipinski definition) is 8. The largest absolute Gasteiger partial charge is 0.446 e. The van der Waals surface area contributed by atoms with Gasteiger partial charge in [-0.2, -0.15) is 26.3 Å². The molecule has 2 N–H and O–H groups in total. The minimum absolute atomic E-state index is 0.0632. The second-order valence-electron chi connectivity index (χ2n) is 14.3. The maximum Gasteiger partial charge on any atom is 0.446 e. The van der Waals surface area contributed by atoms with Crippen molar-refractivity contribution in [2.24, 2.45) is 5.92 Å². The number of hydrogen-bond donors (Lipinski definition) is 2. The smallest absolute Gasteiger partial charge is 0.344 e. The molecule has 4 aliphatic rings. The number of amides is 4. The lowest BCUT2D eigenvalue weighted by molar-refractivity contribution is -0.156. The van der Waals surface area contributed by atoms with E-state index < -0.39 is 31.0 Å². The standard InChI is InChI=1S/C35H44ClN5O4.2C2HF3O/c36-27-12-10-24(11-13-27)20-30(38-32(42)21-29-28-9-5-4-8-26(28)22-37-29)35(45)40-18-16-39(17-19-40)31(25-6-2-1-3-7-25)23-41-33(43)14-15-34(41)44;2*3-2(4,5)1-6/h4-5,8-13,25,29-31,37H,1-3,6-7,14-23H2,(H,38,42);2*1H/t29?,30-,31?;;/m1../s1. The van der Waals surface area contributed by atoms with E-state index in [0.29, 0.717) is 62.9 Å². The molecule has 3 fully saturated rings. The Hall–Kier alpha value is -4.35. The SMILES string of the molecule is O=C(CC1NCc2ccccc21)N[C@H](Cc1ccc(Cl)cc1)C(=O)N1CCN(C(CN2C(=O)CCC2=O)C2CCCCC2)CC1.O=CC(F)(F)F.O=CC(F)(F)F. The van der Waals surface area contributed by atoms with Gasteiger partial charge in [-0.3, -0.25) is 38.6 Å². The monoisotopic (exact) mass is 829 g/mol. The highest BCUT2D eigenvalue weighted by Gasteiger charge is 2.39. The quantitative estimate of drug-likeness (QED) is 0.186. The molecule has 2 aromatic rings. The van der Waals surface area contributed by atoms with Crippen LogP contribution in [-0.4, -0.2) is 108 Å². The van der Waals surface area contributed by atoms with Crippen LogP contribution in [0, 0.1) is 5.92 Å². The molecule has 6 rings (SSSR count). The summed E-state index contributed by atoms with van der Waals surface area (Å²) in [5.41, 5.74) is 3.26. The Bertz CT molecular complexity index is 1660. The molecule has 0 spiro atoms. The number of piperazine rings is 1. The van der Waals surface area contributed by atoms with Crippen LogP contribution in [0.5, 0.6) is 0 Å². The van der Waals surface area contributed by atoms with Gasteiger partial charge in [-0.05, 0) is 47.6 Å². The van der Waals surface area contributed by atoms with Gasteiger partial charge in [0.25, 0.3) is 0 Å². The molecule has 4 amide bonds. The second-order valence-corrected chi connectivity index (χ2v) is 14.8. The molecule has 1 aliphatic carbocycles. The summed E-state index contributed by atoms with van der Waals surface area (Å²) in [6.07, 6.45) is -4.36. The van der Waals surface area contributed by atoms with Crippen molar-refractivity contribution in [3.05, 3.63) is 70.2 Å². The van der Waals surface area contributed by atoms with Gasteiger partial charge in [0, 0.05) is 82.1 Å². The van der Waals surface area contributed by atoms with Crippen molar-refractivity contribution in [3.8, 4) is 0 Å². The van der Waals surface area contributed by atoms with Crippen LogP contribution in [0.1, 0.15) is 74.1 Å². The predicted molar refractivity (Wildman–Crippen MR) is 196 cm³/mol. The highest BCUT2D eigenvalue weighted by molar-refractivity contribution is 6.30. The molecule has 1 saturated carbocycles. The van der Waals surface area contributed by atoms with Gasteiger partial charge >= 0.3 is 12.4 Å². The van der Waals surface area contributed by atoms with Crippen LogP contribution in [0.4, 0.5) is 26.3 Å². The zero-order chi connectivity index (χ0) is 41.8. The number of benzene rings is 2. The summed E-state index contributed by atoms with van der Waals surface area (Å²) in [4.78, 5) is 75.6. The summed E-state index contributed by atoms with van der Waals surface area (Å²) in [5.74, 6) is 0.0659. The van der Waals surface area contributed by atoms with E-state index in [0.717, 1.165) is 30.5 Å². The lowest BCUT2D eigenvalue weighted by Crippen LogP contribution is -2.59. The lowest BCUT2D eigenvalue weighted by atomic mass is 9.82. The summed E-state index contributed by atoms with van der Waals surface area (Å²) >= 11 is 6.12. The number of alkyl halides is 6. The van der Waals surface area contributed by atoms with Gasteiger partial charge in [0.15, 0.2) is 0 Å². The van der Waals surface area contributed by atoms with Crippen LogP contribution in [0.15, 0.2) is 48.5 Å². The van der Waals surface area contributed by atoms with E-state index in [1.807, 2.05) is 29.2 Å². The molecule has 0 radical (unpaired) electrons. The van der Waals surface area contributed by atoms with Gasteiger partial charge in [-0.15, -0.1) is 0 Å². The van der Waals surface area contributed by atoms with Gasteiger partial charge in [-0.1, -0.05) is 67.3 Å². The molecule has 0 aromatic heterocycles. The zero-order valence-corrected chi connectivity index (χ0v) is 31.9. The second kappa shape index (κ2) is 20.9. The molecule has 312 valence electrons. The lowest BCUT2D eigenvalue weighted by Gasteiger charge is -2.44. The highest BCUT2D eigenvalue weighted by atomic mass is 35.5. The van der Waals surface area contributed by atoms with Crippen molar-refractivity contribution in [2.45, 2.75) is 94.8 Å². The summed E-state index contributed by atoms with van der Waals surface area (Å²) in [6, 6.07) is 14.9. The number of carbonyl (C=O) groups is 6. The maximum atomic E-state index is 14.0. The molecule has 0 bridgehead atoms. The van der Waals surface area contributed by atoms with Gasteiger partial charge in [0.1, 0.15) is 6.04 Å². The average molecular weight is 830 g/mol. The van der Waals surface area contributed by atoms with E-state index >= 15 is 0 Å². The van der Waals surface area contributed by atoms with Crippen LogP contribution < -0.4 is 10.6 Å². The van der Waals surface area contributed by atoms with Crippen LogP contribution in [0.2, 0.25) is 5.02 Å². The number of rotatable bonds is 10. The Labute approximate surface area is 331 Å². The Morgan fingerprint density at radius 2 is 1.40 bits per heavy atom. The van der Waals surface area contributed by atoms with E-state index in [-0.39, 0.29) is 42.1 Å². The molecular formula is C39H46ClF6N5O6. The fraction of sp³-hybridized carbons (Fsp3) is 0.538. The fourth-order valence-corrected chi connectivity index (χ4v) is 7.77. The highest BCUT2D eigenvalue weighted by Crippen LogP contribution is 2.32. The van der Waals surface area contributed by atoms with Crippen molar-refractivity contribution in [1.82, 2.24) is 25.3 Å². The van der Waals surface area contributed by atoms with Crippen molar-refractivity contribution in [2.75, 3.05) is 32.7 Å². The topological polar surface area (TPSA) is 136 Å². The van der Waals surface area contributed by atoms with Crippen molar-refractivity contribution >= 4 is 47.8 Å². The van der Waals surface area contributed by atoms with Crippen molar-refractivity contribution < 1.29 is 55.1 Å². The summed E-state index contributed by atoms with van der Waals surface area (Å²) in [6.45, 7) is 3.60. The third-order valence-electron chi connectivity index (χ3n) is 10.4. The van der Waals surface area contributed by atoms with Gasteiger partial charge in [0.05, 0.1) is 0 Å². The van der Waals surface area contributed by atoms with Crippen LogP contribution >= 0.6 is 11.6 Å². The number of imide groups is 1. The summed E-state index contributed by atoms with van der Waals surface area (Å²) < 4.78 is 62.5. The van der Waals surface area contributed by atoms with E-state index in [9.17, 15) is 45.5 Å². The van der Waals surface area contributed by atoms with Crippen molar-refractivity contribution in [1.29, 1.82) is 0 Å². The minimum atomic E-state index is -4.64.